The zero-order chi connectivity index (χ0) is 23.6. The molecule has 1 aliphatic rings. The summed E-state index contributed by atoms with van der Waals surface area (Å²) < 4.78 is 5.15. The van der Waals surface area contributed by atoms with Gasteiger partial charge in [-0.15, -0.1) is 11.8 Å². The second kappa shape index (κ2) is 9.32. The number of carbonyl (C=O) groups excluding carboxylic acids is 2. The molecule has 0 radical (unpaired) electrons. The van der Waals surface area contributed by atoms with Crippen LogP contribution in [-0.4, -0.2) is 24.7 Å². The van der Waals surface area contributed by atoms with Gasteiger partial charge in [-0.3, -0.25) is 14.5 Å². The number of thioether (sulfide) groups is 1. The summed E-state index contributed by atoms with van der Waals surface area (Å²) in [5.74, 6) is 1.02. The number of hydrogen-bond donors (Lipinski definition) is 1. The molecule has 1 heterocycles. The van der Waals surface area contributed by atoms with Crippen LogP contribution in [0, 0.1) is 0 Å². The van der Waals surface area contributed by atoms with Crippen molar-refractivity contribution in [2.24, 2.45) is 0 Å². The Bertz CT molecular complexity index is 1150. The van der Waals surface area contributed by atoms with Crippen LogP contribution in [0.4, 0.5) is 11.4 Å². The molecule has 2 amide bonds. The molecule has 1 aliphatic heterocycles. The number of rotatable bonds is 5. The average Bonchev–Trinajstić information content (AvgIpc) is 3.20. The van der Waals surface area contributed by atoms with E-state index in [-0.39, 0.29) is 22.6 Å². The topological polar surface area (TPSA) is 58.6 Å². The smallest absolute Gasteiger partial charge is 0.255 e. The minimum absolute atomic E-state index is 0.0537. The highest BCUT2D eigenvalue weighted by Crippen LogP contribution is 2.42. The summed E-state index contributed by atoms with van der Waals surface area (Å²) in [5, 5.41) is 2.81. The van der Waals surface area contributed by atoms with Crippen molar-refractivity contribution < 1.29 is 14.3 Å². The Morgan fingerprint density at radius 1 is 1.03 bits per heavy atom. The van der Waals surface area contributed by atoms with Crippen LogP contribution < -0.4 is 15.0 Å². The summed E-state index contributed by atoms with van der Waals surface area (Å²) >= 11 is 1.59. The molecule has 1 saturated heterocycles. The fourth-order valence-corrected chi connectivity index (χ4v) is 4.95. The van der Waals surface area contributed by atoms with Crippen molar-refractivity contribution in [2.45, 2.75) is 31.6 Å². The molecular formula is C27H28N2O3S. The molecule has 1 fully saturated rings. The van der Waals surface area contributed by atoms with Crippen molar-refractivity contribution in [1.82, 2.24) is 0 Å². The van der Waals surface area contributed by atoms with Crippen molar-refractivity contribution in [2.75, 3.05) is 23.1 Å². The first-order valence-corrected chi connectivity index (χ1v) is 11.9. The largest absolute Gasteiger partial charge is 0.497 e. The lowest BCUT2D eigenvalue weighted by atomic mass is 9.87. The summed E-state index contributed by atoms with van der Waals surface area (Å²) in [5.41, 5.74) is 4.38. The van der Waals surface area contributed by atoms with Crippen LogP contribution in [0.5, 0.6) is 5.75 Å². The molecule has 4 rings (SSSR count). The number of carbonyl (C=O) groups is 2. The molecule has 0 aromatic heterocycles. The Labute approximate surface area is 199 Å². The number of anilines is 2. The van der Waals surface area contributed by atoms with Crippen molar-refractivity contribution in [3.05, 3.63) is 89.5 Å². The van der Waals surface area contributed by atoms with E-state index in [0.29, 0.717) is 22.8 Å². The Kier molecular flexibility index (Phi) is 6.47. The van der Waals surface area contributed by atoms with E-state index < -0.39 is 0 Å². The van der Waals surface area contributed by atoms with Crippen LogP contribution in [0.25, 0.3) is 0 Å². The zero-order valence-electron chi connectivity index (χ0n) is 19.3. The van der Waals surface area contributed by atoms with E-state index in [1.54, 1.807) is 43.1 Å². The van der Waals surface area contributed by atoms with E-state index in [1.165, 1.54) is 5.56 Å². The molecule has 0 aliphatic carbocycles. The highest BCUT2D eigenvalue weighted by Gasteiger charge is 2.34. The highest BCUT2D eigenvalue weighted by atomic mass is 32.2. The van der Waals surface area contributed by atoms with Crippen LogP contribution in [0.2, 0.25) is 0 Å². The van der Waals surface area contributed by atoms with Crippen molar-refractivity contribution in [3.8, 4) is 5.75 Å². The lowest BCUT2D eigenvalue weighted by Crippen LogP contribution is -2.28. The number of benzene rings is 3. The van der Waals surface area contributed by atoms with Crippen LogP contribution in [0.15, 0.2) is 72.8 Å². The van der Waals surface area contributed by atoms with Crippen LogP contribution >= 0.6 is 11.8 Å². The van der Waals surface area contributed by atoms with Gasteiger partial charge in [0.15, 0.2) is 0 Å². The molecule has 3 aromatic rings. The predicted octanol–water partition coefficient (Wildman–Crippen LogP) is 6.02. The molecule has 6 heteroatoms. The Morgan fingerprint density at radius 3 is 2.36 bits per heavy atom. The fraction of sp³-hybridized carbons (Fsp3) is 0.259. The first-order chi connectivity index (χ1) is 15.8. The third-order valence-corrected chi connectivity index (χ3v) is 6.87. The van der Waals surface area contributed by atoms with Gasteiger partial charge >= 0.3 is 0 Å². The molecule has 33 heavy (non-hydrogen) atoms. The van der Waals surface area contributed by atoms with E-state index in [9.17, 15) is 9.59 Å². The minimum Gasteiger partial charge on any atom is -0.497 e. The summed E-state index contributed by atoms with van der Waals surface area (Å²) in [6, 6.07) is 22.9. The van der Waals surface area contributed by atoms with Gasteiger partial charge in [0.1, 0.15) is 11.1 Å². The molecule has 1 atom stereocenters. The van der Waals surface area contributed by atoms with E-state index in [4.69, 9.17) is 4.74 Å². The normalized spacial score (nSPS) is 16.1. The van der Waals surface area contributed by atoms with Gasteiger partial charge < -0.3 is 10.1 Å². The quantitative estimate of drug-likeness (QED) is 0.506. The van der Waals surface area contributed by atoms with Gasteiger partial charge in [-0.2, -0.15) is 0 Å². The van der Waals surface area contributed by atoms with Crippen molar-refractivity contribution in [1.29, 1.82) is 0 Å². The summed E-state index contributed by atoms with van der Waals surface area (Å²) in [7, 11) is 1.59. The Balaban J connectivity index is 1.55. The number of nitrogens with zero attached hydrogens (tertiary/aromatic N) is 1. The lowest BCUT2D eigenvalue weighted by molar-refractivity contribution is -0.115. The first-order valence-electron chi connectivity index (χ1n) is 10.9. The average molecular weight is 461 g/mol. The van der Waals surface area contributed by atoms with Crippen LogP contribution in [0.1, 0.15) is 47.6 Å². The van der Waals surface area contributed by atoms with Gasteiger partial charge in [0, 0.05) is 16.9 Å². The minimum atomic E-state index is -0.195. The number of ether oxygens (including phenoxy) is 1. The second-order valence-electron chi connectivity index (χ2n) is 9.03. The molecule has 1 N–H and O–H groups in total. The van der Waals surface area contributed by atoms with Gasteiger partial charge in [0.05, 0.1) is 12.9 Å². The number of nitrogens with one attached hydrogen (secondary N) is 1. The summed E-state index contributed by atoms with van der Waals surface area (Å²) in [6.07, 6.45) is 0. The molecule has 0 saturated carbocycles. The molecule has 1 unspecified atom stereocenters. The summed E-state index contributed by atoms with van der Waals surface area (Å²) in [6.45, 7) is 6.52. The van der Waals surface area contributed by atoms with Gasteiger partial charge in [0.25, 0.3) is 5.91 Å². The molecule has 3 aromatic carbocycles. The third kappa shape index (κ3) is 5.06. The fourth-order valence-electron chi connectivity index (χ4n) is 3.79. The summed E-state index contributed by atoms with van der Waals surface area (Å²) in [4.78, 5) is 27.3. The third-order valence-electron chi connectivity index (χ3n) is 5.66. The molecule has 0 spiro atoms. The second-order valence-corrected chi connectivity index (χ2v) is 10.1. The number of hydrogen-bond acceptors (Lipinski definition) is 4. The van der Waals surface area contributed by atoms with Crippen LogP contribution in [-0.2, 0) is 10.2 Å². The Morgan fingerprint density at radius 2 is 1.73 bits per heavy atom. The van der Waals surface area contributed by atoms with Crippen molar-refractivity contribution in [3.63, 3.8) is 0 Å². The maximum atomic E-state index is 12.8. The van der Waals surface area contributed by atoms with Gasteiger partial charge in [-0.1, -0.05) is 45.0 Å². The molecule has 170 valence electrons. The number of methoxy groups -OCH3 is 1. The highest BCUT2D eigenvalue weighted by molar-refractivity contribution is 8.00. The van der Waals surface area contributed by atoms with E-state index in [0.717, 1.165) is 11.3 Å². The monoisotopic (exact) mass is 460 g/mol. The zero-order valence-corrected chi connectivity index (χ0v) is 20.1. The van der Waals surface area contributed by atoms with Crippen LogP contribution in [0.3, 0.4) is 0 Å². The maximum absolute atomic E-state index is 12.8. The maximum Gasteiger partial charge on any atom is 0.255 e. The molecule has 5 nitrogen and oxygen atoms in total. The first kappa shape index (κ1) is 22.9. The molecular weight excluding hydrogens is 432 g/mol. The van der Waals surface area contributed by atoms with E-state index >= 15 is 0 Å². The predicted molar refractivity (Wildman–Crippen MR) is 135 cm³/mol. The molecule has 0 bridgehead atoms. The number of amides is 2. The van der Waals surface area contributed by atoms with Crippen molar-refractivity contribution >= 4 is 35.0 Å². The SMILES string of the molecule is COc1ccc(C(=O)Nc2cccc(C3SCC(=O)N3c3ccc(C(C)(C)C)cc3)c2)cc1. The van der Waals surface area contributed by atoms with Gasteiger partial charge in [-0.25, -0.2) is 0 Å². The van der Waals surface area contributed by atoms with E-state index in [2.05, 4.69) is 38.2 Å². The lowest BCUT2D eigenvalue weighted by Gasteiger charge is -2.26. The van der Waals surface area contributed by atoms with E-state index in [1.807, 2.05) is 41.3 Å². The van der Waals surface area contributed by atoms with Gasteiger partial charge in [0.2, 0.25) is 5.91 Å². The Hall–Kier alpha value is -3.25. The van der Waals surface area contributed by atoms with Gasteiger partial charge in [-0.05, 0) is 65.1 Å². The standard InChI is InChI=1S/C27H28N2O3S/c1-27(2,3)20-10-12-22(13-11-20)29-24(30)17-33-26(29)19-6-5-7-21(16-19)28-25(31)18-8-14-23(32-4)15-9-18/h5-16,26H,17H2,1-4H3,(H,28,31).